The summed E-state index contributed by atoms with van der Waals surface area (Å²) in [6.07, 6.45) is 4.32. The molecule has 0 spiro atoms. The molecule has 3 aromatic rings. The van der Waals surface area contributed by atoms with Crippen molar-refractivity contribution >= 4 is 30.3 Å². The van der Waals surface area contributed by atoms with Crippen LogP contribution in [0.4, 0.5) is 10.5 Å². The largest absolute Gasteiger partial charge is 0.437 e. The summed E-state index contributed by atoms with van der Waals surface area (Å²) in [7, 11) is 0. The van der Waals surface area contributed by atoms with Crippen LogP contribution in [0.2, 0.25) is 0 Å². The van der Waals surface area contributed by atoms with Gasteiger partial charge in [-0.05, 0) is 48.9 Å². The summed E-state index contributed by atoms with van der Waals surface area (Å²) in [5, 5.41) is 9.12. The number of benzene rings is 2. The number of alkyl carbamates (subject to hydrolysis) is 1. The van der Waals surface area contributed by atoms with Crippen molar-refractivity contribution in [1.82, 2.24) is 15.6 Å². The summed E-state index contributed by atoms with van der Waals surface area (Å²) >= 11 is 4.37. The van der Waals surface area contributed by atoms with Crippen LogP contribution in [0.15, 0.2) is 78.0 Å². The lowest BCUT2D eigenvalue weighted by Crippen LogP contribution is -2.40. The van der Waals surface area contributed by atoms with E-state index in [1.807, 2.05) is 49.4 Å². The number of carbonyl (C=O) groups is 2. The zero-order chi connectivity index (χ0) is 24.0. The second kappa shape index (κ2) is 10.7. The molecule has 2 heterocycles. The van der Waals surface area contributed by atoms with Gasteiger partial charge >= 0.3 is 6.09 Å². The smallest absolute Gasteiger partial charge is 0.408 e. The summed E-state index contributed by atoms with van der Waals surface area (Å²) < 4.78 is 5.95. The molecular weight excluding hydrogens is 448 g/mol. The van der Waals surface area contributed by atoms with Crippen molar-refractivity contribution in [3.63, 3.8) is 0 Å². The Kier molecular flexibility index (Phi) is 7.49. The van der Waals surface area contributed by atoms with Gasteiger partial charge in [-0.15, -0.1) is 12.6 Å². The Labute approximate surface area is 204 Å². The van der Waals surface area contributed by atoms with Crippen molar-refractivity contribution < 1.29 is 14.3 Å². The Bertz CT molecular complexity index is 1130. The summed E-state index contributed by atoms with van der Waals surface area (Å²) in [5.41, 5.74) is 2.21. The van der Waals surface area contributed by atoms with E-state index in [1.54, 1.807) is 30.6 Å². The third kappa shape index (κ3) is 5.40. The third-order valence-electron chi connectivity index (χ3n) is 6.02. The number of nitrogens with zero attached hydrogens (tertiary/aromatic N) is 1. The Balaban J connectivity index is 1.41. The monoisotopic (exact) mass is 476 g/mol. The number of nitrogens with one attached hydrogen (secondary N) is 3. The fourth-order valence-corrected chi connectivity index (χ4v) is 4.32. The number of para-hydroxylation sites is 1. The first-order valence-corrected chi connectivity index (χ1v) is 11.8. The molecule has 1 aromatic heterocycles. The van der Waals surface area contributed by atoms with Gasteiger partial charge in [-0.25, -0.2) is 4.79 Å². The number of amides is 2. The highest BCUT2D eigenvalue weighted by atomic mass is 32.1. The van der Waals surface area contributed by atoms with Gasteiger partial charge in [0.1, 0.15) is 0 Å². The van der Waals surface area contributed by atoms with Crippen LogP contribution in [-0.2, 0) is 10.3 Å². The van der Waals surface area contributed by atoms with Crippen LogP contribution < -0.4 is 16.0 Å². The minimum absolute atomic E-state index is 0.222. The van der Waals surface area contributed by atoms with Gasteiger partial charge in [0.05, 0.1) is 11.7 Å². The van der Waals surface area contributed by atoms with E-state index in [9.17, 15) is 9.59 Å². The Morgan fingerprint density at radius 2 is 1.94 bits per heavy atom. The summed E-state index contributed by atoms with van der Waals surface area (Å²) in [6.45, 7) is 3.30. The Hall–Kier alpha value is -3.36. The molecule has 3 N–H and O–H groups in total. The van der Waals surface area contributed by atoms with Crippen LogP contribution in [0, 0.1) is 0 Å². The molecule has 4 rings (SSSR count). The highest BCUT2D eigenvalue weighted by Gasteiger charge is 2.40. The summed E-state index contributed by atoms with van der Waals surface area (Å²) in [4.78, 5) is 30.4. The molecule has 0 aliphatic carbocycles. The quantitative estimate of drug-likeness (QED) is 0.372. The lowest BCUT2D eigenvalue weighted by atomic mass is 9.94. The average molecular weight is 477 g/mol. The number of pyridine rings is 1. The lowest BCUT2D eigenvalue weighted by Gasteiger charge is -2.29. The van der Waals surface area contributed by atoms with E-state index in [0.29, 0.717) is 35.5 Å². The minimum Gasteiger partial charge on any atom is -0.437 e. The van der Waals surface area contributed by atoms with Crippen LogP contribution in [0.1, 0.15) is 47.3 Å². The van der Waals surface area contributed by atoms with E-state index in [4.69, 9.17) is 4.74 Å². The highest BCUT2D eigenvalue weighted by molar-refractivity contribution is 7.80. The maximum Gasteiger partial charge on any atom is 0.408 e. The molecule has 0 unspecified atom stereocenters. The van der Waals surface area contributed by atoms with Gasteiger partial charge in [-0.1, -0.05) is 37.3 Å². The topological polar surface area (TPSA) is 92.3 Å². The number of hydrogen-bond acceptors (Lipinski definition) is 6. The number of aromatic nitrogens is 1. The van der Waals surface area contributed by atoms with E-state index in [0.717, 1.165) is 17.7 Å². The number of ether oxygens (including phenoxy) is 1. The maximum absolute atomic E-state index is 12.9. The van der Waals surface area contributed by atoms with Crippen LogP contribution in [0.25, 0.3) is 0 Å². The first kappa shape index (κ1) is 23.8. The molecule has 2 aromatic carbocycles. The molecule has 34 heavy (non-hydrogen) atoms. The molecule has 8 heteroatoms. The van der Waals surface area contributed by atoms with Crippen molar-refractivity contribution in [2.75, 3.05) is 18.4 Å². The first-order chi connectivity index (χ1) is 16.5. The van der Waals surface area contributed by atoms with Gasteiger partial charge in [-0.2, -0.15) is 0 Å². The van der Waals surface area contributed by atoms with Crippen LogP contribution in [0.5, 0.6) is 0 Å². The number of rotatable bonds is 7. The molecule has 2 amide bonds. The summed E-state index contributed by atoms with van der Waals surface area (Å²) in [5.74, 6) is -0.222. The molecule has 1 fully saturated rings. The van der Waals surface area contributed by atoms with Gasteiger partial charge in [-0.3, -0.25) is 9.78 Å². The summed E-state index contributed by atoms with van der Waals surface area (Å²) in [6, 6.07) is 18.1. The molecule has 0 radical (unpaired) electrons. The van der Waals surface area contributed by atoms with E-state index < -0.39 is 11.7 Å². The Morgan fingerprint density at radius 1 is 1.15 bits per heavy atom. The fraction of sp³-hybridized carbons (Fsp3) is 0.269. The maximum atomic E-state index is 12.9. The average Bonchev–Trinajstić information content (AvgIpc) is 3.34. The van der Waals surface area contributed by atoms with Gasteiger partial charge in [0.25, 0.3) is 5.91 Å². The SMILES string of the molecule is CC[C@H](NC(=O)O[C@@]1(c2cccnc2)CCNC1)c1ccc(C(=O)Nc2ccccc2S)cc1. The highest BCUT2D eigenvalue weighted by Crippen LogP contribution is 2.32. The van der Waals surface area contributed by atoms with Gasteiger partial charge in [0.2, 0.25) is 0 Å². The van der Waals surface area contributed by atoms with Gasteiger partial charge in [0, 0.05) is 41.4 Å². The molecule has 7 nitrogen and oxygen atoms in total. The van der Waals surface area contributed by atoms with Crippen LogP contribution in [0.3, 0.4) is 0 Å². The van der Waals surface area contributed by atoms with E-state index >= 15 is 0 Å². The second-order valence-corrected chi connectivity index (χ2v) is 8.73. The zero-order valence-electron chi connectivity index (χ0n) is 19.0. The van der Waals surface area contributed by atoms with Gasteiger partial charge < -0.3 is 20.7 Å². The van der Waals surface area contributed by atoms with Gasteiger partial charge in [0.15, 0.2) is 5.60 Å². The minimum atomic E-state index is -0.734. The van der Waals surface area contributed by atoms with E-state index in [1.165, 1.54) is 0 Å². The number of anilines is 1. The molecule has 0 saturated carbocycles. The van der Waals surface area contributed by atoms with Crippen molar-refractivity contribution in [3.8, 4) is 0 Å². The number of carbonyl (C=O) groups excluding carboxylic acids is 2. The molecule has 1 aliphatic rings. The van der Waals surface area contributed by atoms with Crippen molar-refractivity contribution in [1.29, 1.82) is 0 Å². The molecule has 2 atom stereocenters. The standard InChI is InChI=1S/C26H28N4O3S/c1-2-21(30-25(32)33-26(13-15-28-17-26)20-6-5-14-27-16-20)18-9-11-19(12-10-18)24(31)29-22-7-3-4-8-23(22)34/h3-12,14,16,21,28,34H,2,13,15,17H2,1H3,(H,29,31)(H,30,32)/t21-,26-/m0/s1. The number of hydrogen-bond donors (Lipinski definition) is 4. The molecular formula is C26H28N4O3S. The zero-order valence-corrected chi connectivity index (χ0v) is 19.8. The number of thiol groups is 1. The molecule has 1 saturated heterocycles. The van der Waals surface area contributed by atoms with Crippen LogP contribution >= 0.6 is 12.6 Å². The molecule has 0 bridgehead atoms. The van der Waals surface area contributed by atoms with Crippen LogP contribution in [-0.4, -0.2) is 30.1 Å². The van der Waals surface area contributed by atoms with E-state index in [-0.39, 0.29) is 11.9 Å². The fourth-order valence-electron chi connectivity index (χ4n) is 4.10. The van der Waals surface area contributed by atoms with Crippen molar-refractivity contribution in [2.45, 2.75) is 36.3 Å². The molecule has 176 valence electrons. The van der Waals surface area contributed by atoms with Crippen molar-refractivity contribution in [2.24, 2.45) is 0 Å². The second-order valence-electron chi connectivity index (χ2n) is 8.25. The lowest BCUT2D eigenvalue weighted by molar-refractivity contribution is 0.0205. The third-order valence-corrected chi connectivity index (χ3v) is 6.41. The predicted molar refractivity (Wildman–Crippen MR) is 134 cm³/mol. The van der Waals surface area contributed by atoms with Crippen molar-refractivity contribution in [3.05, 3.63) is 89.7 Å². The first-order valence-electron chi connectivity index (χ1n) is 11.3. The van der Waals surface area contributed by atoms with E-state index in [2.05, 4.69) is 33.6 Å². The normalized spacial score (nSPS) is 18.2. The molecule has 1 aliphatic heterocycles. The predicted octanol–water partition coefficient (Wildman–Crippen LogP) is 4.69. The Morgan fingerprint density at radius 3 is 2.59 bits per heavy atom.